The summed E-state index contributed by atoms with van der Waals surface area (Å²) in [6, 6.07) is 2.13. The average Bonchev–Trinajstić information content (AvgIpc) is 3.02. The van der Waals surface area contributed by atoms with Crippen LogP contribution in [-0.4, -0.2) is 23.1 Å². The van der Waals surface area contributed by atoms with Crippen molar-refractivity contribution >= 4 is 5.82 Å². The van der Waals surface area contributed by atoms with Crippen LogP contribution in [0.15, 0.2) is 6.07 Å². The summed E-state index contributed by atoms with van der Waals surface area (Å²) in [6.07, 6.45) is 6.01. The van der Waals surface area contributed by atoms with Gasteiger partial charge in [-0.2, -0.15) is 0 Å². The Bertz CT molecular complexity index is 457. The number of rotatable bonds is 7. The first kappa shape index (κ1) is 16.2. The smallest absolute Gasteiger partial charge is 0.162 e. The molecule has 0 aliphatic heterocycles. The molecule has 0 amide bonds. The molecule has 0 saturated heterocycles. The van der Waals surface area contributed by atoms with Crippen LogP contribution < -0.4 is 5.32 Å². The third-order valence-electron chi connectivity index (χ3n) is 4.49. The summed E-state index contributed by atoms with van der Waals surface area (Å²) in [6.45, 7) is 9.91. The number of nitrogens with one attached hydrogen (secondary N) is 1. The number of hydrogen-bond donors (Lipinski definition) is 1. The number of aromatic nitrogens is 2. The monoisotopic (exact) mass is 291 g/mol. The molecule has 4 heteroatoms. The van der Waals surface area contributed by atoms with Gasteiger partial charge in [0, 0.05) is 30.8 Å². The van der Waals surface area contributed by atoms with Crippen molar-refractivity contribution in [2.45, 2.75) is 71.3 Å². The highest BCUT2D eigenvalue weighted by atomic mass is 16.5. The first-order valence-corrected chi connectivity index (χ1v) is 8.40. The lowest BCUT2D eigenvalue weighted by Gasteiger charge is -2.28. The molecule has 1 saturated carbocycles. The zero-order chi connectivity index (χ0) is 15.3. The van der Waals surface area contributed by atoms with Gasteiger partial charge in [-0.1, -0.05) is 19.8 Å². The Balaban J connectivity index is 2.38. The van der Waals surface area contributed by atoms with Crippen molar-refractivity contribution in [2.24, 2.45) is 0 Å². The van der Waals surface area contributed by atoms with E-state index in [-0.39, 0.29) is 0 Å². The molecular formula is C17H29N3O. The van der Waals surface area contributed by atoms with Crippen LogP contribution in [0, 0.1) is 0 Å². The average molecular weight is 291 g/mol. The minimum atomic E-state index is -0.395. The molecule has 4 nitrogen and oxygen atoms in total. The summed E-state index contributed by atoms with van der Waals surface area (Å²) >= 11 is 0. The van der Waals surface area contributed by atoms with Crippen molar-refractivity contribution in [3.05, 3.63) is 17.6 Å². The van der Waals surface area contributed by atoms with E-state index in [1.165, 1.54) is 31.4 Å². The zero-order valence-electron chi connectivity index (χ0n) is 13.9. The molecule has 1 aromatic rings. The molecule has 21 heavy (non-hydrogen) atoms. The number of nitrogens with zero attached hydrogens (tertiary/aromatic N) is 2. The number of ether oxygens (including phenoxy) is 1. The highest BCUT2D eigenvalue weighted by Gasteiger charge is 2.30. The fourth-order valence-corrected chi connectivity index (χ4v) is 3.05. The second-order valence-corrected chi connectivity index (χ2v) is 6.03. The third kappa shape index (κ3) is 3.73. The SMILES string of the molecule is CCNc1cc(C2CCCC2)nc(C(C)(CC)OCC)n1. The summed E-state index contributed by atoms with van der Waals surface area (Å²) in [5.41, 5.74) is 0.793. The maximum absolute atomic E-state index is 5.96. The third-order valence-corrected chi connectivity index (χ3v) is 4.49. The van der Waals surface area contributed by atoms with Gasteiger partial charge in [-0.05, 0) is 40.0 Å². The number of hydrogen-bond acceptors (Lipinski definition) is 4. The van der Waals surface area contributed by atoms with E-state index >= 15 is 0 Å². The zero-order valence-corrected chi connectivity index (χ0v) is 13.9. The van der Waals surface area contributed by atoms with Crippen molar-refractivity contribution in [1.29, 1.82) is 0 Å². The van der Waals surface area contributed by atoms with Crippen LogP contribution in [-0.2, 0) is 10.3 Å². The summed E-state index contributed by atoms with van der Waals surface area (Å²) in [5.74, 6) is 2.35. The van der Waals surface area contributed by atoms with Gasteiger partial charge >= 0.3 is 0 Å². The van der Waals surface area contributed by atoms with Gasteiger partial charge in [0.15, 0.2) is 5.82 Å². The lowest BCUT2D eigenvalue weighted by molar-refractivity contribution is -0.0391. The van der Waals surface area contributed by atoms with E-state index in [1.54, 1.807) is 0 Å². The molecule has 2 rings (SSSR count). The van der Waals surface area contributed by atoms with E-state index in [0.29, 0.717) is 12.5 Å². The molecule has 1 unspecified atom stereocenters. The summed E-state index contributed by atoms with van der Waals surface area (Å²) in [5, 5.41) is 3.34. The predicted octanol–water partition coefficient (Wildman–Crippen LogP) is 4.23. The molecule has 1 aromatic heterocycles. The van der Waals surface area contributed by atoms with Crippen LogP contribution >= 0.6 is 0 Å². The molecule has 1 heterocycles. The van der Waals surface area contributed by atoms with Crippen molar-refractivity contribution in [1.82, 2.24) is 9.97 Å². The Morgan fingerprint density at radius 2 is 1.95 bits per heavy atom. The molecule has 0 bridgehead atoms. The van der Waals surface area contributed by atoms with Crippen molar-refractivity contribution in [3.63, 3.8) is 0 Å². The van der Waals surface area contributed by atoms with E-state index in [0.717, 1.165) is 24.6 Å². The first-order valence-electron chi connectivity index (χ1n) is 8.40. The maximum Gasteiger partial charge on any atom is 0.162 e. The maximum atomic E-state index is 5.96. The van der Waals surface area contributed by atoms with Gasteiger partial charge in [-0.25, -0.2) is 9.97 Å². The molecule has 0 aromatic carbocycles. The van der Waals surface area contributed by atoms with E-state index in [2.05, 4.69) is 32.2 Å². The Morgan fingerprint density at radius 1 is 1.24 bits per heavy atom. The van der Waals surface area contributed by atoms with Gasteiger partial charge in [0.1, 0.15) is 11.4 Å². The molecule has 0 spiro atoms. The molecule has 0 radical (unpaired) electrons. The van der Waals surface area contributed by atoms with Gasteiger partial charge in [0.05, 0.1) is 0 Å². The molecule has 1 aliphatic carbocycles. The Morgan fingerprint density at radius 3 is 2.52 bits per heavy atom. The fourth-order valence-electron chi connectivity index (χ4n) is 3.05. The molecular weight excluding hydrogens is 262 g/mol. The quantitative estimate of drug-likeness (QED) is 0.816. The highest BCUT2D eigenvalue weighted by molar-refractivity contribution is 5.38. The van der Waals surface area contributed by atoms with Gasteiger partial charge in [-0.3, -0.25) is 0 Å². The van der Waals surface area contributed by atoms with Crippen LogP contribution in [0.5, 0.6) is 0 Å². The molecule has 118 valence electrons. The topological polar surface area (TPSA) is 47.0 Å². The van der Waals surface area contributed by atoms with E-state index in [9.17, 15) is 0 Å². The Hall–Kier alpha value is -1.16. The fraction of sp³-hybridized carbons (Fsp3) is 0.765. The summed E-state index contributed by atoms with van der Waals surface area (Å²) in [4.78, 5) is 9.59. The van der Waals surface area contributed by atoms with Gasteiger partial charge in [-0.15, -0.1) is 0 Å². The van der Waals surface area contributed by atoms with Gasteiger partial charge in [0.25, 0.3) is 0 Å². The molecule has 1 N–H and O–H groups in total. The van der Waals surface area contributed by atoms with Crippen LogP contribution in [0.4, 0.5) is 5.82 Å². The largest absolute Gasteiger partial charge is 0.370 e. The Kier molecular flexibility index (Phi) is 5.57. The second kappa shape index (κ2) is 7.21. The summed E-state index contributed by atoms with van der Waals surface area (Å²) < 4.78 is 5.96. The van der Waals surface area contributed by atoms with Crippen molar-refractivity contribution in [2.75, 3.05) is 18.5 Å². The predicted molar refractivity (Wildman–Crippen MR) is 86.7 cm³/mol. The van der Waals surface area contributed by atoms with Crippen LogP contribution in [0.1, 0.15) is 77.2 Å². The highest BCUT2D eigenvalue weighted by Crippen LogP contribution is 2.35. The van der Waals surface area contributed by atoms with Gasteiger partial charge < -0.3 is 10.1 Å². The molecule has 1 aliphatic rings. The van der Waals surface area contributed by atoms with E-state index < -0.39 is 5.60 Å². The summed E-state index contributed by atoms with van der Waals surface area (Å²) in [7, 11) is 0. The second-order valence-electron chi connectivity index (χ2n) is 6.03. The van der Waals surface area contributed by atoms with E-state index in [4.69, 9.17) is 14.7 Å². The first-order chi connectivity index (χ1) is 10.1. The lowest BCUT2D eigenvalue weighted by atomic mass is 9.99. The normalized spacial score (nSPS) is 18.7. The molecule has 1 atom stereocenters. The van der Waals surface area contributed by atoms with Gasteiger partial charge in [0.2, 0.25) is 0 Å². The van der Waals surface area contributed by atoms with Crippen LogP contribution in [0.3, 0.4) is 0 Å². The standard InChI is InChI=1S/C17H29N3O/c1-5-17(4,21-7-3)16-19-14(13-10-8-9-11-13)12-15(20-16)18-6-2/h12-13H,5-11H2,1-4H3,(H,18,19,20). The minimum absolute atomic E-state index is 0.395. The van der Waals surface area contributed by atoms with Crippen LogP contribution in [0.25, 0.3) is 0 Å². The minimum Gasteiger partial charge on any atom is -0.370 e. The Labute approximate surface area is 128 Å². The lowest BCUT2D eigenvalue weighted by Crippen LogP contribution is -2.29. The van der Waals surface area contributed by atoms with Crippen LogP contribution in [0.2, 0.25) is 0 Å². The van der Waals surface area contributed by atoms with Crippen molar-refractivity contribution in [3.8, 4) is 0 Å². The number of anilines is 1. The van der Waals surface area contributed by atoms with E-state index in [1.807, 2.05) is 6.92 Å². The molecule has 1 fully saturated rings. The van der Waals surface area contributed by atoms with Crippen molar-refractivity contribution < 1.29 is 4.74 Å².